The number of rotatable bonds is 5. The number of anilines is 1. The first-order valence-corrected chi connectivity index (χ1v) is 12.3. The fraction of sp³-hybridized carbons (Fsp3) is 0.364. The summed E-state index contributed by atoms with van der Waals surface area (Å²) in [5, 5.41) is 2.94. The Kier molecular flexibility index (Phi) is 5.72. The van der Waals surface area contributed by atoms with Gasteiger partial charge in [-0.05, 0) is 55.2 Å². The Morgan fingerprint density at radius 2 is 1.87 bits per heavy atom. The summed E-state index contributed by atoms with van der Waals surface area (Å²) in [6, 6.07) is 14.2. The number of amidine groups is 1. The third kappa shape index (κ3) is 4.03. The summed E-state index contributed by atoms with van der Waals surface area (Å²) in [4.78, 5) is 15.1. The van der Waals surface area contributed by atoms with Gasteiger partial charge in [0.15, 0.2) is 0 Å². The fourth-order valence-corrected chi connectivity index (χ4v) is 5.44. The molecule has 2 aliphatic rings. The molecular weight excluding hydrogens is 466 g/mol. The van der Waals surface area contributed by atoms with Gasteiger partial charge in [0, 0.05) is 30.2 Å². The number of hydrogen-bond donors (Lipinski definition) is 1. The second kappa shape index (κ2) is 8.15. The van der Waals surface area contributed by atoms with Gasteiger partial charge in [-0.2, -0.15) is 8.42 Å². The van der Waals surface area contributed by atoms with Gasteiger partial charge in [-0.3, -0.25) is 4.79 Å². The molecule has 0 bridgehead atoms. The molecule has 1 amide bonds. The van der Waals surface area contributed by atoms with Crippen molar-refractivity contribution in [3.05, 3.63) is 58.6 Å². The first kappa shape index (κ1) is 21.1. The van der Waals surface area contributed by atoms with Crippen LogP contribution in [0.3, 0.4) is 0 Å². The summed E-state index contributed by atoms with van der Waals surface area (Å²) in [5.74, 6) is 0.473. The predicted octanol–water partition coefficient (Wildman–Crippen LogP) is 4.32. The molecule has 4 rings (SSSR count). The Morgan fingerprint density at radius 3 is 2.47 bits per heavy atom. The van der Waals surface area contributed by atoms with Gasteiger partial charge in [-0.1, -0.05) is 40.5 Å². The van der Waals surface area contributed by atoms with Crippen molar-refractivity contribution in [1.82, 2.24) is 4.90 Å². The van der Waals surface area contributed by atoms with E-state index in [4.69, 9.17) is 0 Å². The minimum atomic E-state index is -3.83. The number of carbonyl (C=O) groups is 1. The van der Waals surface area contributed by atoms with Crippen LogP contribution < -0.4 is 5.32 Å². The Balaban J connectivity index is 1.57. The van der Waals surface area contributed by atoms with Crippen molar-refractivity contribution >= 4 is 43.4 Å². The number of amides is 1. The highest BCUT2D eigenvalue weighted by Crippen LogP contribution is 2.45. The lowest BCUT2D eigenvalue weighted by Gasteiger charge is -2.40. The molecule has 0 unspecified atom stereocenters. The fourth-order valence-electron chi connectivity index (χ4n) is 4.03. The van der Waals surface area contributed by atoms with Crippen LogP contribution in [0.2, 0.25) is 0 Å². The lowest BCUT2D eigenvalue weighted by atomic mass is 9.64. The molecule has 0 atom stereocenters. The predicted molar refractivity (Wildman–Crippen MR) is 121 cm³/mol. The highest BCUT2D eigenvalue weighted by molar-refractivity contribution is 9.10. The third-order valence-corrected chi connectivity index (χ3v) is 7.82. The number of carbonyl (C=O) groups excluding carboxylic acids is 1. The van der Waals surface area contributed by atoms with Crippen molar-refractivity contribution in [1.29, 1.82) is 0 Å². The zero-order chi connectivity index (χ0) is 21.4. The molecule has 1 saturated heterocycles. The normalized spacial score (nSPS) is 19.5. The summed E-state index contributed by atoms with van der Waals surface area (Å²) >= 11 is 3.43. The highest BCUT2D eigenvalue weighted by atomic mass is 79.9. The average molecular weight is 490 g/mol. The van der Waals surface area contributed by atoms with E-state index in [1.54, 1.807) is 12.1 Å². The van der Waals surface area contributed by atoms with E-state index in [1.807, 2.05) is 36.2 Å². The van der Waals surface area contributed by atoms with Crippen molar-refractivity contribution in [2.24, 2.45) is 4.40 Å². The van der Waals surface area contributed by atoms with E-state index < -0.39 is 15.4 Å². The molecule has 1 aliphatic carbocycles. The minimum Gasteiger partial charge on any atom is -0.362 e. The van der Waals surface area contributed by atoms with Crippen LogP contribution in [0.1, 0.15) is 37.7 Å². The molecule has 30 heavy (non-hydrogen) atoms. The van der Waals surface area contributed by atoms with Crippen LogP contribution in [0.25, 0.3) is 0 Å². The lowest BCUT2D eigenvalue weighted by molar-refractivity contribution is -0.124. The third-order valence-electron chi connectivity index (χ3n) is 5.99. The van der Waals surface area contributed by atoms with Crippen LogP contribution in [0.4, 0.5) is 5.69 Å². The van der Waals surface area contributed by atoms with E-state index in [0.717, 1.165) is 42.3 Å². The largest absolute Gasteiger partial charge is 0.362 e. The second-order valence-corrected chi connectivity index (χ2v) is 10.5. The zero-order valence-corrected chi connectivity index (χ0v) is 19.2. The van der Waals surface area contributed by atoms with E-state index in [9.17, 15) is 13.2 Å². The molecule has 0 radical (unpaired) electrons. The number of nitrogens with zero attached hydrogens (tertiary/aromatic N) is 2. The van der Waals surface area contributed by atoms with Gasteiger partial charge in [0.2, 0.25) is 5.91 Å². The van der Waals surface area contributed by atoms with Gasteiger partial charge < -0.3 is 10.2 Å². The first-order valence-electron chi connectivity index (χ1n) is 10.0. The van der Waals surface area contributed by atoms with Crippen LogP contribution in [-0.2, 0) is 20.2 Å². The Hall–Kier alpha value is -2.19. The maximum absolute atomic E-state index is 13.2. The summed E-state index contributed by atoms with van der Waals surface area (Å²) in [6.07, 6.45) is 4.10. The van der Waals surface area contributed by atoms with Crippen molar-refractivity contribution in [2.45, 2.75) is 42.4 Å². The minimum absolute atomic E-state index is 0.0828. The lowest BCUT2D eigenvalue weighted by Crippen LogP contribution is -2.46. The highest BCUT2D eigenvalue weighted by Gasteiger charge is 2.45. The molecule has 0 aromatic heterocycles. The summed E-state index contributed by atoms with van der Waals surface area (Å²) in [5.41, 5.74) is 0.876. The smallest absolute Gasteiger partial charge is 0.284 e. The quantitative estimate of drug-likeness (QED) is 0.677. The van der Waals surface area contributed by atoms with Gasteiger partial charge in [-0.25, -0.2) is 0 Å². The number of halogens is 1. The summed E-state index contributed by atoms with van der Waals surface area (Å²) < 4.78 is 30.5. The first-order chi connectivity index (χ1) is 14.3. The Bertz CT molecular complexity index is 1090. The number of benzene rings is 2. The number of hydrogen-bond acceptors (Lipinski definition) is 3. The summed E-state index contributed by atoms with van der Waals surface area (Å²) in [6.45, 7) is 0.808. The molecule has 1 saturated carbocycles. The van der Waals surface area contributed by atoms with Crippen molar-refractivity contribution in [3.63, 3.8) is 0 Å². The molecule has 2 aromatic rings. The van der Waals surface area contributed by atoms with Crippen molar-refractivity contribution in [2.75, 3.05) is 18.9 Å². The molecule has 0 spiro atoms. The SMILES string of the molecule is CN1CCC/C1=N\S(=O)(=O)c1cccc(NC(=O)C2(c3ccc(Br)cc3)CCC2)c1. The van der Waals surface area contributed by atoms with Gasteiger partial charge in [0.05, 0.1) is 10.3 Å². The molecule has 1 N–H and O–H groups in total. The van der Waals surface area contributed by atoms with Gasteiger partial charge in [0.25, 0.3) is 10.0 Å². The monoisotopic (exact) mass is 489 g/mol. The number of nitrogens with one attached hydrogen (secondary N) is 1. The Morgan fingerprint density at radius 1 is 1.13 bits per heavy atom. The molecule has 6 nitrogen and oxygen atoms in total. The van der Waals surface area contributed by atoms with Crippen LogP contribution in [-0.4, -0.2) is 38.7 Å². The van der Waals surface area contributed by atoms with E-state index in [2.05, 4.69) is 25.6 Å². The molecule has 2 aromatic carbocycles. The molecular formula is C22H24BrN3O3S. The molecule has 2 fully saturated rings. The second-order valence-electron chi connectivity index (χ2n) is 7.93. The van der Waals surface area contributed by atoms with Crippen LogP contribution in [0.15, 0.2) is 62.3 Å². The Labute approximate surface area is 185 Å². The van der Waals surface area contributed by atoms with E-state index in [0.29, 0.717) is 17.9 Å². The maximum atomic E-state index is 13.2. The van der Waals surface area contributed by atoms with E-state index >= 15 is 0 Å². The molecule has 158 valence electrons. The van der Waals surface area contributed by atoms with E-state index in [-0.39, 0.29) is 10.8 Å². The van der Waals surface area contributed by atoms with Gasteiger partial charge in [-0.15, -0.1) is 4.40 Å². The van der Waals surface area contributed by atoms with Crippen molar-refractivity contribution < 1.29 is 13.2 Å². The van der Waals surface area contributed by atoms with E-state index in [1.165, 1.54) is 12.1 Å². The van der Waals surface area contributed by atoms with Crippen LogP contribution in [0, 0.1) is 0 Å². The molecule has 1 aliphatic heterocycles. The van der Waals surface area contributed by atoms with Crippen LogP contribution in [0.5, 0.6) is 0 Å². The standard InChI is InChI=1S/C22H24BrN3O3S/c1-26-14-3-7-20(26)25-30(28,29)19-6-2-5-18(15-19)24-21(27)22(12-4-13-22)16-8-10-17(23)11-9-16/h2,5-6,8-11,15H,3-4,7,12-14H2,1H3,(H,24,27)/b25-20+. The van der Waals surface area contributed by atoms with Gasteiger partial charge >= 0.3 is 0 Å². The zero-order valence-electron chi connectivity index (χ0n) is 16.8. The summed E-state index contributed by atoms with van der Waals surface area (Å²) in [7, 11) is -1.98. The van der Waals surface area contributed by atoms with Crippen molar-refractivity contribution in [3.8, 4) is 0 Å². The molecule has 8 heteroatoms. The molecule has 1 heterocycles. The average Bonchev–Trinajstić information content (AvgIpc) is 3.06. The van der Waals surface area contributed by atoms with Gasteiger partial charge in [0.1, 0.15) is 5.84 Å². The maximum Gasteiger partial charge on any atom is 0.284 e. The topological polar surface area (TPSA) is 78.8 Å². The number of sulfonamides is 1. The number of likely N-dealkylation sites (tertiary alicyclic amines) is 1. The van der Waals surface area contributed by atoms with Crippen LogP contribution >= 0.6 is 15.9 Å².